The molecule has 1 saturated heterocycles. The lowest BCUT2D eigenvalue weighted by molar-refractivity contribution is -0.162. The zero-order valence-corrected chi connectivity index (χ0v) is 11.5. The summed E-state index contributed by atoms with van der Waals surface area (Å²) in [5.74, 6) is -2.36. The van der Waals surface area contributed by atoms with Crippen molar-refractivity contribution in [1.82, 2.24) is 4.90 Å². The lowest BCUT2D eigenvalue weighted by Gasteiger charge is -2.31. The van der Waals surface area contributed by atoms with Crippen LogP contribution in [-0.2, 0) is 25.5 Å². The third kappa shape index (κ3) is 3.75. The van der Waals surface area contributed by atoms with E-state index in [9.17, 15) is 18.4 Å². The largest absolute Gasteiger partial charge is 0.467 e. The number of ether oxygens (including phenoxy) is 2. The smallest absolute Gasteiger partial charge is 0.336 e. The van der Waals surface area contributed by atoms with Gasteiger partial charge in [-0.1, -0.05) is 6.07 Å². The van der Waals surface area contributed by atoms with Gasteiger partial charge in [-0.05, 0) is 11.6 Å². The van der Waals surface area contributed by atoms with Crippen molar-refractivity contribution in [3.63, 3.8) is 0 Å². The fourth-order valence-electron chi connectivity index (χ4n) is 2.09. The van der Waals surface area contributed by atoms with Gasteiger partial charge in [0.2, 0.25) is 5.91 Å². The first-order valence-electron chi connectivity index (χ1n) is 6.42. The molecule has 1 amide bonds. The summed E-state index contributed by atoms with van der Waals surface area (Å²) < 4.78 is 36.1. The summed E-state index contributed by atoms with van der Waals surface area (Å²) in [6, 6.07) is 3.07. The number of carbonyl (C=O) groups excluding carboxylic acids is 2. The van der Waals surface area contributed by atoms with Crippen LogP contribution in [0, 0.1) is 11.6 Å². The van der Waals surface area contributed by atoms with Crippen molar-refractivity contribution in [2.75, 3.05) is 26.8 Å². The fourth-order valence-corrected chi connectivity index (χ4v) is 2.09. The van der Waals surface area contributed by atoms with Crippen LogP contribution in [0.15, 0.2) is 18.2 Å². The van der Waals surface area contributed by atoms with Crippen LogP contribution in [0.4, 0.5) is 8.78 Å². The first-order valence-corrected chi connectivity index (χ1v) is 6.42. The Bertz CT molecular complexity index is 550. The molecule has 1 unspecified atom stereocenters. The number of nitrogens with zero attached hydrogens (tertiary/aromatic N) is 1. The highest BCUT2D eigenvalue weighted by molar-refractivity contribution is 5.81. The van der Waals surface area contributed by atoms with Crippen LogP contribution in [0.25, 0.3) is 0 Å². The van der Waals surface area contributed by atoms with Crippen molar-refractivity contribution >= 4 is 11.9 Å². The van der Waals surface area contributed by atoms with Crippen LogP contribution < -0.4 is 0 Å². The van der Waals surface area contributed by atoms with E-state index in [2.05, 4.69) is 4.74 Å². The third-order valence-corrected chi connectivity index (χ3v) is 3.24. The lowest BCUT2D eigenvalue weighted by atomic mass is 10.1. The van der Waals surface area contributed by atoms with E-state index in [0.717, 1.165) is 12.1 Å². The molecule has 2 rings (SSSR count). The summed E-state index contributed by atoms with van der Waals surface area (Å²) >= 11 is 0. The van der Waals surface area contributed by atoms with Crippen molar-refractivity contribution in [3.8, 4) is 0 Å². The maximum Gasteiger partial charge on any atom is 0.336 e. The van der Waals surface area contributed by atoms with E-state index in [4.69, 9.17) is 4.74 Å². The normalized spacial score (nSPS) is 18.4. The van der Waals surface area contributed by atoms with Gasteiger partial charge in [-0.25, -0.2) is 13.6 Å². The van der Waals surface area contributed by atoms with E-state index < -0.39 is 23.7 Å². The predicted octanol–water partition coefficient (Wildman–Crippen LogP) is 0.908. The average Bonchev–Trinajstić information content (AvgIpc) is 2.49. The van der Waals surface area contributed by atoms with Gasteiger partial charge in [0.1, 0.15) is 11.6 Å². The van der Waals surface area contributed by atoms with Crippen molar-refractivity contribution in [1.29, 1.82) is 0 Å². The molecular formula is C14H15F2NO4. The molecule has 0 spiro atoms. The third-order valence-electron chi connectivity index (χ3n) is 3.24. The van der Waals surface area contributed by atoms with Crippen molar-refractivity contribution in [2.45, 2.75) is 12.5 Å². The quantitative estimate of drug-likeness (QED) is 0.779. The van der Waals surface area contributed by atoms with Crippen LogP contribution in [-0.4, -0.2) is 49.7 Å². The van der Waals surface area contributed by atoms with E-state index >= 15 is 0 Å². The summed E-state index contributed by atoms with van der Waals surface area (Å²) in [4.78, 5) is 24.9. The van der Waals surface area contributed by atoms with E-state index in [0.29, 0.717) is 6.54 Å². The van der Waals surface area contributed by atoms with E-state index in [1.165, 1.54) is 18.1 Å². The number of hydrogen-bond acceptors (Lipinski definition) is 4. The van der Waals surface area contributed by atoms with Gasteiger partial charge in [-0.2, -0.15) is 0 Å². The van der Waals surface area contributed by atoms with Gasteiger partial charge in [-0.15, -0.1) is 0 Å². The molecule has 1 heterocycles. The Balaban J connectivity index is 2.01. The summed E-state index contributed by atoms with van der Waals surface area (Å²) in [6.45, 7) is 0.584. The number of hydrogen-bond donors (Lipinski definition) is 0. The molecule has 0 N–H and O–H groups in total. The molecule has 5 nitrogen and oxygen atoms in total. The second-order valence-electron chi connectivity index (χ2n) is 4.63. The molecule has 1 aromatic rings. The minimum Gasteiger partial charge on any atom is -0.467 e. The Hall–Kier alpha value is -2.02. The molecule has 1 atom stereocenters. The summed E-state index contributed by atoms with van der Waals surface area (Å²) in [7, 11) is 1.24. The van der Waals surface area contributed by atoms with Crippen molar-refractivity contribution in [3.05, 3.63) is 35.4 Å². The van der Waals surface area contributed by atoms with E-state index in [1.807, 2.05) is 0 Å². The van der Waals surface area contributed by atoms with Gasteiger partial charge in [0.25, 0.3) is 0 Å². The molecule has 7 heteroatoms. The Labute approximate surface area is 120 Å². The van der Waals surface area contributed by atoms with Crippen LogP contribution in [0.5, 0.6) is 0 Å². The maximum atomic E-state index is 13.5. The molecule has 1 aliphatic rings. The molecular weight excluding hydrogens is 284 g/mol. The lowest BCUT2D eigenvalue weighted by Crippen LogP contribution is -2.49. The average molecular weight is 299 g/mol. The second kappa shape index (κ2) is 6.62. The molecule has 21 heavy (non-hydrogen) atoms. The predicted molar refractivity (Wildman–Crippen MR) is 68.4 cm³/mol. The molecule has 0 saturated carbocycles. The number of esters is 1. The molecule has 1 fully saturated rings. The molecule has 0 aromatic heterocycles. The number of amides is 1. The molecule has 1 aliphatic heterocycles. The number of carbonyl (C=O) groups is 2. The molecule has 0 aliphatic carbocycles. The zero-order chi connectivity index (χ0) is 15.4. The van der Waals surface area contributed by atoms with Gasteiger partial charge >= 0.3 is 5.97 Å². The summed E-state index contributed by atoms with van der Waals surface area (Å²) in [5.41, 5.74) is 0.113. The number of rotatable bonds is 3. The zero-order valence-electron chi connectivity index (χ0n) is 11.5. The van der Waals surface area contributed by atoms with Gasteiger partial charge in [0.05, 0.1) is 26.7 Å². The monoisotopic (exact) mass is 299 g/mol. The minimum atomic E-state index is -0.828. The topological polar surface area (TPSA) is 55.8 Å². The Morgan fingerprint density at radius 1 is 1.43 bits per heavy atom. The van der Waals surface area contributed by atoms with Crippen LogP contribution in [0.2, 0.25) is 0 Å². The molecule has 1 aromatic carbocycles. The number of benzene rings is 1. The fraction of sp³-hybridized carbons (Fsp3) is 0.429. The second-order valence-corrected chi connectivity index (χ2v) is 4.63. The van der Waals surface area contributed by atoms with Crippen LogP contribution in [0.1, 0.15) is 5.56 Å². The SMILES string of the molecule is COC(=O)C1CN(C(=O)Cc2ccc(F)cc2F)CCO1. The summed E-state index contributed by atoms with van der Waals surface area (Å²) in [5, 5.41) is 0. The first-order chi connectivity index (χ1) is 10.0. The molecule has 114 valence electrons. The minimum absolute atomic E-state index is 0.0638. The first kappa shape index (κ1) is 15.4. The Morgan fingerprint density at radius 2 is 2.19 bits per heavy atom. The number of morpholine rings is 1. The van der Waals surface area contributed by atoms with E-state index in [1.54, 1.807) is 0 Å². The highest BCUT2D eigenvalue weighted by atomic mass is 19.1. The van der Waals surface area contributed by atoms with Crippen molar-refractivity contribution < 1.29 is 27.8 Å². The Morgan fingerprint density at radius 3 is 2.86 bits per heavy atom. The van der Waals surface area contributed by atoms with Gasteiger partial charge in [0, 0.05) is 12.6 Å². The standard InChI is InChI=1S/C14H15F2NO4/c1-20-14(19)12-8-17(4-5-21-12)13(18)6-9-2-3-10(15)7-11(9)16/h2-3,7,12H,4-6,8H2,1H3. The van der Waals surface area contributed by atoms with E-state index in [-0.39, 0.29) is 31.0 Å². The van der Waals surface area contributed by atoms with Gasteiger partial charge < -0.3 is 14.4 Å². The van der Waals surface area contributed by atoms with Crippen LogP contribution in [0.3, 0.4) is 0 Å². The highest BCUT2D eigenvalue weighted by Crippen LogP contribution is 2.13. The number of halogens is 2. The maximum absolute atomic E-state index is 13.5. The molecule has 0 bridgehead atoms. The summed E-state index contributed by atoms with van der Waals surface area (Å²) in [6.07, 6.45) is -1.02. The Kier molecular flexibility index (Phi) is 4.85. The van der Waals surface area contributed by atoms with Gasteiger partial charge in [0.15, 0.2) is 6.10 Å². The van der Waals surface area contributed by atoms with Gasteiger partial charge in [-0.3, -0.25) is 4.79 Å². The van der Waals surface area contributed by atoms with Crippen LogP contribution >= 0.6 is 0 Å². The van der Waals surface area contributed by atoms with Crippen molar-refractivity contribution in [2.24, 2.45) is 0 Å². The number of methoxy groups -OCH3 is 1. The molecule has 0 radical (unpaired) electrons. The highest BCUT2D eigenvalue weighted by Gasteiger charge is 2.30.